The van der Waals surface area contributed by atoms with Gasteiger partial charge in [-0.2, -0.15) is 0 Å². The van der Waals surface area contributed by atoms with Gasteiger partial charge in [0.2, 0.25) is 0 Å². The number of hydrogen-bond donors (Lipinski definition) is 0. The average Bonchev–Trinajstić information content (AvgIpc) is 2.13. The topological polar surface area (TPSA) is 25.8 Å². The summed E-state index contributed by atoms with van der Waals surface area (Å²) in [4.78, 5) is 10.7. The third-order valence-corrected chi connectivity index (χ3v) is 21.9. The maximum Gasteiger partial charge on any atom is 0.128 e. The first-order chi connectivity index (χ1) is 45.8. The lowest BCUT2D eigenvalue weighted by molar-refractivity contribution is 0.514. The Morgan fingerprint density at radius 1 is 0.141 bits per heavy atom. The van der Waals surface area contributed by atoms with Gasteiger partial charge in [-0.1, -0.05) is 509 Å². The van der Waals surface area contributed by atoms with Crippen molar-refractivity contribution in [3.8, 4) is 0 Å². The fourth-order valence-corrected chi connectivity index (χ4v) is 15.3. The van der Waals surface area contributed by atoms with E-state index >= 15 is 0 Å². The van der Waals surface area contributed by atoms with Crippen LogP contribution in [0.2, 0.25) is 0 Å². The quantitative estimate of drug-likeness (QED) is 0.0608. The second kappa shape index (κ2) is 79.1. The van der Waals surface area contributed by atoms with E-state index in [9.17, 15) is 0 Å². The van der Waals surface area contributed by atoms with Gasteiger partial charge >= 0.3 is 0 Å². The molecule has 0 atom stereocenters. The van der Waals surface area contributed by atoms with Crippen LogP contribution >= 0.6 is 0 Å². The summed E-state index contributed by atoms with van der Waals surface area (Å²) in [5, 5.41) is 0. The molecule has 2 heteroatoms. The fourth-order valence-electron chi connectivity index (χ4n) is 15.3. The molecular weight excluding hydrogens is 1110 g/mol. The minimum atomic E-state index is 0.971. The summed E-state index contributed by atoms with van der Waals surface area (Å²) in [7, 11) is 0. The Kier molecular flexibility index (Phi) is 76.6. The Morgan fingerprint density at radius 3 is 0.391 bits per heavy atom. The highest BCUT2D eigenvalue weighted by Gasteiger charge is 2.15. The lowest BCUT2D eigenvalue weighted by Gasteiger charge is -2.16. The third kappa shape index (κ3) is 67.6. The molecule has 0 saturated heterocycles. The highest BCUT2D eigenvalue weighted by molar-refractivity contribution is 5.27. The lowest BCUT2D eigenvalue weighted by atomic mass is 9.96. The second-order valence-electron chi connectivity index (χ2n) is 31.1. The zero-order chi connectivity index (χ0) is 65.7. The van der Waals surface area contributed by atoms with E-state index in [-0.39, 0.29) is 0 Å². The fraction of sp³-hybridized carbons (Fsp3) is 0.956. The maximum atomic E-state index is 5.33. The molecule has 0 radical (unpaired) electrons. The van der Waals surface area contributed by atoms with Gasteiger partial charge in [0.1, 0.15) is 5.82 Å². The largest absolute Gasteiger partial charge is 0.238 e. The second-order valence-corrected chi connectivity index (χ2v) is 31.1. The normalized spacial score (nSPS) is 11.8. The maximum absolute atomic E-state index is 5.33. The molecule has 0 spiro atoms. The molecule has 0 aliphatic rings. The Hall–Kier alpha value is -0.920. The SMILES string of the molecule is CCCCCCCCCCCCCCCCCCCCCCCCCCCCc1nc(CC)nc(CCCCCCCCCCCCCCCCCCCCCCCCCCCC)c1CCCCCCCCCCCCCCCCCCCCCCCCCCCC. The number of hydrogen-bond acceptors (Lipinski definition) is 2. The summed E-state index contributed by atoms with van der Waals surface area (Å²) in [5.41, 5.74) is 4.49. The first kappa shape index (κ1) is 89.1. The van der Waals surface area contributed by atoms with Crippen molar-refractivity contribution in [3.05, 3.63) is 22.8 Å². The summed E-state index contributed by atoms with van der Waals surface area (Å²) in [6.45, 7) is 9.25. The van der Waals surface area contributed by atoms with Crippen LogP contribution in [0.15, 0.2) is 0 Å². The molecule has 92 heavy (non-hydrogen) atoms. The van der Waals surface area contributed by atoms with Gasteiger partial charge in [-0.15, -0.1) is 0 Å². The van der Waals surface area contributed by atoms with E-state index in [1.165, 1.54) is 531 Å². The zero-order valence-corrected chi connectivity index (χ0v) is 64.9. The van der Waals surface area contributed by atoms with Crippen LogP contribution in [-0.2, 0) is 25.7 Å². The Balaban J connectivity index is 2.30. The standard InChI is InChI=1S/C90H176N2/c1-5-9-12-15-18-21-24-27-30-33-36-39-42-45-48-51-54-57-60-63-66-69-72-75-78-81-84-87-88(85-82-79-76-73-70-67-64-61-58-55-52-49-46-43-40-37-34-31-28-25-22-19-16-13-10-6-2)91-90(8-4)92-89(87)86-83-80-77-74-71-68-65-62-59-56-53-50-47-44-41-38-35-32-29-26-23-20-17-14-11-7-3/h5-86H2,1-4H3. The van der Waals surface area contributed by atoms with Crippen molar-refractivity contribution in [2.45, 2.75) is 554 Å². The monoisotopic (exact) mass is 1290 g/mol. The van der Waals surface area contributed by atoms with Crippen molar-refractivity contribution in [3.63, 3.8) is 0 Å². The molecule has 0 bridgehead atoms. The minimum Gasteiger partial charge on any atom is -0.238 e. The van der Waals surface area contributed by atoms with Crippen molar-refractivity contribution in [2.75, 3.05) is 0 Å². The van der Waals surface area contributed by atoms with Gasteiger partial charge in [0.25, 0.3) is 0 Å². The highest BCUT2D eigenvalue weighted by atomic mass is 14.9. The molecule has 2 nitrogen and oxygen atoms in total. The molecule has 0 aromatic carbocycles. The van der Waals surface area contributed by atoms with Crippen LogP contribution in [0.1, 0.15) is 551 Å². The van der Waals surface area contributed by atoms with Gasteiger partial charge in [-0.3, -0.25) is 0 Å². The number of unbranched alkanes of at least 4 members (excludes halogenated alkanes) is 75. The number of aryl methyl sites for hydroxylation is 3. The summed E-state index contributed by atoms with van der Waals surface area (Å²) >= 11 is 0. The van der Waals surface area contributed by atoms with Crippen molar-refractivity contribution in [1.29, 1.82) is 0 Å². The Labute approximate surface area is 583 Å². The molecule has 1 aromatic rings. The van der Waals surface area contributed by atoms with E-state index in [2.05, 4.69) is 27.7 Å². The molecule has 1 aromatic heterocycles. The van der Waals surface area contributed by atoms with Crippen LogP contribution in [0, 0.1) is 0 Å². The van der Waals surface area contributed by atoms with Crippen molar-refractivity contribution < 1.29 is 0 Å². The Morgan fingerprint density at radius 2 is 0.261 bits per heavy atom. The van der Waals surface area contributed by atoms with E-state index in [1.54, 1.807) is 5.56 Å². The van der Waals surface area contributed by atoms with Crippen molar-refractivity contribution in [1.82, 2.24) is 9.97 Å². The van der Waals surface area contributed by atoms with Gasteiger partial charge in [-0.25, -0.2) is 9.97 Å². The first-order valence-electron chi connectivity index (χ1n) is 44.6. The van der Waals surface area contributed by atoms with Crippen LogP contribution in [-0.4, -0.2) is 9.97 Å². The summed E-state index contributed by atoms with van der Waals surface area (Å²) < 4.78 is 0. The van der Waals surface area contributed by atoms with Gasteiger partial charge in [-0.05, 0) is 44.1 Å². The van der Waals surface area contributed by atoms with Crippen molar-refractivity contribution >= 4 is 0 Å². The molecule has 0 aliphatic carbocycles. The highest BCUT2D eigenvalue weighted by Crippen LogP contribution is 2.25. The van der Waals surface area contributed by atoms with E-state index in [0.29, 0.717) is 0 Å². The van der Waals surface area contributed by atoms with E-state index in [4.69, 9.17) is 9.97 Å². The minimum absolute atomic E-state index is 0.971. The molecular formula is C90H176N2. The number of rotatable bonds is 82. The molecule has 0 amide bonds. The van der Waals surface area contributed by atoms with E-state index in [0.717, 1.165) is 12.2 Å². The van der Waals surface area contributed by atoms with Crippen LogP contribution in [0.25, 0.3) is 0 Å². The predicted molar refractivity (Wildman–Crippen MR) is 420 cm³/mol. The van der Waals surface area contributed by atoms with E-state index in [1.807, 2.05) is 0 Å². The van der Waals surface area contributed by atoms with Gasteiger partial charge in [0.05, 0.1) is 0 Å². The molecule has 0 saturated carbocycles. The summed E-state index contributed by atoms with van der Waals surface area (Å²) in [6.07, 6.45) is 118. The summed E-state index contributed by atoms with van der Waals surface area (Å²) in [5.74, 6) is 1.12. The number of nitrogens with zero attached hydrogens (tertiary/aromatic N) is 2. The smallest absolute Gasteiger partial charge is 0.128 e. The number of aromatic nitrogens is 2. The van der Waals surface area contributed by atoms with Crippen LogP contribution < -0.4 is 0 Å². The average molecular weight is 1290 g/mol. The third-order valence-electron chi connectivity index (χ3n) is 21.9. The van der Waals surface area contributed by atoms with Crippen LogP contribution in [0.3, 0.4) is 0 Å². The molecule has 0 unspecified atom stereocenters. The van der Waals surface area contributed by atoms with Crippen molar-refractivity contribution in [2.24, 2.45) is 0 Å². The zero-order valence-electron chi connectivity index (χ0n) is 64.9. The van der Waals surface area contributed by atoms with E-state index < -0.39 is 0 Å². The summed E-state index contributed by atoms with van der Waals surface area (Å²) in [6, 6.07) is 0. The van der Waals surface area contributed by atoms with Gasteiger partial charge in [0, 0.05) is 17.8 Å². The van der Waals surface area contributed by atoms with Crippen LogP contribution in [0.4, 0.5) is 0 Å². The first-order valence-corrected chi connectivity index (χ1v) is 44.6. The molecule has 0 fully saturated rings. The predicted octanol–water partition coefficient (Wildman–Crippen LogP) is 33.2. The molecule has 1 heterocycles. The molecule has 546 valence electrons. The lowest BCUT2D eigenvalue weighted by Crippen LogP contribution is -2.11. The molecule has 1 rings (SSSR count). The molecule has 0 aliphatic heterocycles. The molecule has 0 N–H and O–H groups in total. The van der Waals surface area contributed by atoms with Gasteiger partial charge < -0.3 is 0 Å². The van der Waals surface area contributed by atoms with Gasteiger partial charge in [0.15, 0.2) is 0 Å². The Bertz CT molecular complexity index is 1400. The van der Waals surface area contributed by atoms with Crippen LogP contribution in [0.5, 0.6) is 0 Å².